The molecule has 1 aliphatic rings. The van der Waals surface area contributed by atoms with E-state index in [1.807, 2.05) is 0 Å². The number of hydrogen-bond donors (Lipinski definition) is 0. The van der Waals surface area contributed by atoms with Crippen LogP contribution in [0.3, 0.4) is 0 Å². The molecule has 1 aromatic rings. The largest absolute Gasteiger partial charge is 0.252 e. The van der Waals surface area contributed by atoms with E-state index in [-0.39, 0.29) is 6.04 Å². The first-order valence-corrected chi connectivity index (χ1v) is 8.64. The van der Waals surface area contributed by atoms with Crippen molar-refractivity contribution in [3.8, 4) is 0 Å². The fraction of sp³-hybridized carbons (Fsp3) is 0.556. The van der Waals surface area contributed by atoms with Gasteiger partial charge in [-0.15, -0.1) is 11.3 Å². The highest BCUT2D eigenvalue weighted by atomic mass is 79.9. The molecule has 1 saturated heterocycles. The third-order valence-corrected chi connectivity index (χ3v) is 7.01. The summed E-state index contributed by atoms with van der Waals surface area (Å²) in [6, 6.07) is 3.27. The number of rotatable bonds is 3. The first kappa shape index (κ1) is 12.8. The third-order valence-electron chi connectivity index (χ3n) is 2.61. The summed E-state index contributed by atoms with van der Waals surface area (Å²) < 4.78 is 27.0. The Morgan fingerprint density at radius 1 is 1.56 bits per heavy atom. The predicted molar refractivity (Wildman–Crippen MR) is 70.0 cm³/mol. The zero-order valence-electron chi connectivity index (χ0n) is 8.40. The van der Waals surface area contributed by atoms with Crippen LogP contribution in [0.15, 0.2) is 16.3 Å². The average molecular weight is 345 g/mol. The molecule has 2 heterocycles. The maximum Gasteiger partial charge on any atom is 0.252 e. The number of halogens is 2. The van der Waals surface area contributed by atoms with E-state index in [0.29, 0.717) is 20.4 Å². The molecule has 0 bridgehead atoms. The lowest BCUT2D eigenvalue weighted by Gasteiger charge is -2.21. The summed E-state index contributed by atoms with van der Waals surface area (Å²) in [7, 11) is -3.34. The second kappa shape index (κ2) is 4.94. The van der Waals surface area contributed by atoms with E-state index in [0.717, 1.165) is 24.2 Å². The van der Waals surface area contributed by atoms with Crippen molar-refractivity contribution in [1.82, 2.24) is 4.31 Å². The van der Waals surface area contributed by atoms with Crippen molar-refractivity contribution in [3.63, 3.8) is 0 Å². The summed E-state index contributed by atoms with van der Waals surface area (Å²) in [5.41, 5.74) is 0. The van der Waals surface area contributed by atoms with Crippen molar-refractivity contribution < 1.29 is 8.42 Å². The van der Waals surface area contributed by atoms with Crippen LogP contribution in [0.4, 0.5) is 0 Å². The zero-order valence-corrected chi connectivity index (χ0v) is 12.4. The lowest BCUT2D eigenvalue weighted by molar-refractivity contribution is 0.415. The number of nitrogens with zero attached hydrogens (tertiary/aromatic N) is 1. The van der Waals surface area contributed by atoms with Gasteiger partial charge < -0.3 is 0 Å². The molecule has 16 heavy (non-hydrogen) atoms. The monoisotopic (exact) mass is 343 g/mol. The van der Waals surface area contributed by atoms with Crippen molar-refractivity contribution in [3.05, 3.63) is 16.5 Å². The molecule has 0 amide bonds. The molecule has 2 rings (SSSR count). The maximum absolute atomic E-state index is 12.3. The number of thiophene rings is 1. The van der Waals surface area contributed by atoms with E-state index in [1.165, 1.54) is 0 Å². The maximum atomic E-state index is 12.3. The van der Waals surface area contributed by atoms with E-state index in [4.69, 9.17) is 11.6 Å². The molecule has 0 saturated carbocycles. The van der Waals surface area contributed by atoms with Crippen molar-refractivity contribution in [2.45, 2.75) is 23.1 Å². The first-order chi connectivity index (χ1) is 7.55. The van der Waals surface area contributed by atoms with Crippen LogP contribution in [0.5, 0.6) is 0 Å². The lowest BCUT2D eigenvalue weighted by Crippen LogP contribution is -2.36. The molecule has 0 N–H and O–H groups in total. The van der Waals surface area contributed by atoms with Crippen LogP contribution in [0.2, 0.25) is 4.34 Å². The molecule has 0 spiro atoms. The van der Waals surface area contributed by atoms with Gasteiger partial charge in [0.2, 0.25) is 0 Å². The quantitative estimate of drug-likeness (QED) is 0.791. The van der Waals surface area contributed by atoms with Gasteiger partial charge in [-0.25, -0.2) is 8.42 Å². The summed E-state index contributed by atoms with van der Waals surface area (Å²) in [6.45, 7) is 0.605. The Morgan fingerprint density at radius 2 is 2.31 bits per heavy atom. The van der Waals surface area contributed by atoms with E-state index < -0.39 is 10.0 Å². The highest BCUT2D eigenvalue weighted by molar-refractivity contribution is 9.09. The smallest absolute Gasteiger partial charge is 0.206 e. The summed E-state index contributed by atoms with van der Waals surface area (Å²) in [5, 5.41) is 0.686. The predicted octanol–water partition coefficient (Wildman–Crippen LogP) is 2.95. The van der Waals surface area contributed by atoms with Gasteiger partial charge in [0.1, 0.15) is 4.21 Å². The SMILES string of the molecule is O=S(=O)(c1ccc(Cl)s1)N1CCCC1CBr. The molecule has 1 fully saturated rings. The molecular formula is C9H11BrClNO2S2. The van der Waals surface area contributed by atoms with Gasteiger partial charge in [-0.3, -0.25) is 0 Å². The third kappa shape index (κ3) is 2.31. The number of hydrogen-bond acceptors (Lipinski definition) is 3. The molecular weight excluding hydrogens is 334 g/mol. The lowest BCUT2D eigenvalue weighted by atomic mass is 10.3. The highest BCUT2D eigenvalue weighted by Crippen LogP contribution is 2.32. The molecule has 7 heteroatoms. The molecule has 0 aliphatic carbocycles. The normalized spacial score (nSPS) is 22.8. The van der Waals surface area contributed by atoms with Crippen molar-refractivity contribution in [1.29, 1.82) is 0 Å². The van der Waals surface area contributed by atoms with Gasteiger partial charge in [0.25, 0.3) is 10.0 Å². The van der Waals surface area contributed by atoms with E-state index in [1.54, 1.807) is 16.4 Å². The van der Waals surface area contributed by atoms with Crippen LogP contribution in [0.1, 0.15) is 12.8 Å². The van der Waals surface area contributed by atoms with E-state index >= 15 is 0 Å². The molecule has 1 unspecified atom stereocenters. The second-order valence-electron chi connectivity index (χ2n) is 3.62. The van der Waals surface area contributed by atoms with Gasteiger partial charge in [-0.1, -0.05) is 27.5 Å². The minimum Gasteiger partial charge on any atom is -0.206 e. The zero-order chi connectivity index (χ0) is 11.8. The second-order valence-corrected chi connectivity index (χ2v) is 8.10. The van der Waals surface area contributed by atoms with Crippen LogP contribution < -0.4 is 0 Å². The molecule has 1 atom stereocenters. The number of alkyl halides is 1. The first-order valence-electron chi connectivity index (χ1n) is 4.89. The minimum absolute atomic E-state index is 0.0749. The van der Waals surface area contributed by atoms with Crippen LogP contribution in [0, 0.1) is 0 Å². The van der Waals surface area contributed by atoms with E-state index in [2.05, 4.69) is 15.9 Å². The minimum atomic E-state index is -3.34. The van der Waals surface area contributed by atoms with Crippen molar-refractivity contribution in [2.75, 3.05) is 11.9 Å². The Balaban J connectivity index is 2.32. The number of sulfonamides is 1. The van der Waals surface area contributed by atoms with Gasteiger partial charge >= 0.3 is 0 Å². The Hall–Kier alpha value is 0.380. The molecule has 1 aliphatic heterocycles. The summed E-state index contributed by atoms with van der Waals surface area (Å²) >= 11 is 10.2. The Morgan fingerprint density at radius 3 is 2.88 bits per heavy atom. The van der Waals surface area contributed by atoms with Gasteiger partial charge in [0.15, 0.2) is 0 Å². The van der Waals surface area contributed by atoms with Crippen LogP contribution in [-0.2, 0) is 10.0 Å². The molecule has 0 radical (unpaired) electrons. The summed E-state index contributed by atoms with van der Waals surface area (Å²) in [6.07, 6.45) is 1.85. The van der Waals surface area contributed by atoms with Crippen LogP contribution in [0.25, 0.3) is 0 Å². The molecule has 0 aromatic carbocycles. The topological polar surface area (TPSA) is 37.4 Å². The Kier molecular flexibility index (Phi) is 3.96. The molecule has 90 valence electrons. The van der Waals surface area contributed by atoms with Crippen LogP contribution in [-0.4, -0.2) is 30.6 Å². The van der Waals surface area contributed by atoms with Gasteiger partial charge in [-0.2, -0.15) is 4.31 Å². The Bertz CT molecular complexity index is 474. The van der Waals surface area contributed by atoms with Crippen molar-refractivity contribution >= 4 is 48.9 Å². The van der Waals surface area contributed by atoms with Gasteiger partial charge in [0.05, 0.1) is 4.34 Å². The van der Waals surface area contributed by atoms with Gasteiger partial charge in [0, 0.05) is 17.9 Å². The average Bonchev–Trinajstić information content (AvgIpc) is 2.85. The summed E-state index contributed by atoms with van der Waals surface area (Å²) in [5.74, 6) is 0. The van der Waals surface area contributed by atoms with Crippen molar-refractivity contribution in [2.24, 2.45) is 0 Å². The molecule has 1 aromatic heterocycles. The summed E-state index contributed by atoms with van der Waals surface area (Å²) in [4.78, 5) is 0. The standard InChI is InChI=1S/C9H11BrClNO2S2/c10-6-7-2-1-5-12(7)16(13,14)9-4-3-8(11)15-9/h3-4,7H,1-2,5-6H2. The fourth-order valence-corrected chi connectivity index (χ4v) is 6.00. The fourth-order valence-electron chi connectivity index (χ4n) is 1.83. The molecule has 3 nitrogen and oxygen atoms in total. The van der Waals surface area contributed by atoms with Crippen LogP contribution >= 0.6 is 38.9 Å². The highest BCUT2D eigenvalue weighted by Gasteiger charge is 2.35. The van der Waals surface area contributed by atoms with E-state index in [9.17, 15) is 8.42 Å². The Labute approximate surface area is 113 Å². The van der Waals surface area contributed by atoms with Gasteiger partial charge in [-0.05, 0) is 25.0 Å².